The molecule has 0 spiro atoms. The van der Waals surface area contributed by atoms with Crippen LogP contribution < -0.4 is 0 Å². The minimum absolute atomic E-state index is 0.159. The summed E-state index contributed by atoms with van der Waals surface area (Å²) in [6.45, 7) is 3.32. The zero-order valence-electron chi connectivity index (χ0n) is 19.2. The molecule has 1 aliphatic heterocycles. The number of rotatable bonds is 6. The third-order valence-corrected chi connectivity index (χ3v) is 5.79. The van der Waals surface area contributed by atoms with E-state index in [1.165, 1.54) is 0 Å². The number of aromatic nitrogens is 3. The fourth-order valence-corrected chi connectivity index (χ4v) is 4.00. The monoisotopic (exact) mass is 453 g/mol. The van der Waals surface area contributed by atoms with Crippen molar-refractivity contribution in [3.63, 3.8) is 0 Å². The van der Waals surface area contributed by atoms with Crippen molar-refractivity contribution in [2.24, 2.45) is 0 Å². The highest BCUT2D eigenvalue weighted by molar-refractivity contribution is 5.59. The van der Waals surface area contributed by atoms with Crippen molar-refractivity contribution in [3.05, 3.63) is 95.7 Å². The molecule has 34 heavy (non-hydrogen) atoms. The lowest BCUT2D eigenvalue weighted by atomic mass is 10.1. The Morgan fingerprint density at radius 2 is 1.85 bits per heavy atom. The number of ether oxygens (including phenoxy) is 2. The van der Waals surface area contributed by atoms with Crippen molar-refractivity contribution in [1.29, 1.82) is 0 Å². The summed E-state index contributed by atoms with van der Waals surface area (Å²) in [6, 6.07) is 19.9. The average molecular weight is 454 g/mol. The van der Waals surface area contributed by atoms with Gasteiger partial charge in [-0.1, -0.05) is 35.2 Å². The van der Waals surface area contributed by atoms with Crippen LogP contribution in [0.4, 0.5) is 0 Å². The molecule has 0 aliphatic carbocycles. The van der Waals surface area contributed by atoms with Gasteiger partial charge in [0.15, 0.2) is 12.1 Å². The third kappa shape index (κ3) is 5.45. The summed E-state index contributed by atoms with van der Waals surface area (Å²) in [5.74, 6) is 7.94. The van der Waals surface area contributed by atoms with Crippen LogP contribution in [0.2, 0.25) is 0 Å². The Hall–Kier alpha value is -3.66. The van der Waals surface area contributed by atoms with Crippen LogP contribution >= 0.6 is 0 Å². The number of nitrogens with zero attached hydrogens (tertiary/aromatic N) is 3. The smallest absolute Gasteiger partial charge is 0.167 e. The molecule has 0 amide bonds. The van der Waals surface area contributed by atoms with Gasteiger partial charge in [0.1, 0.15) is 17.6 Å². The van der Waals surface area contributed by atoms with Gasteiger partial charge >= 0.3 is 0 Å². The van der Waals surface area contributed by atoms with E-state index in [2.05, 4.69) is 22.0 Å². The molecule has 0 N–H and O–H groups in total. The van der Waals surface area contributed by atoms with E-state index in [1.54, 1.807) is 6.20 Å². The highest BCUT2D eigenvalue weighted by Crippen LogP contribution is 2.25. The number of imidazole rings is 1. The normalized spacial score (nSPS) is 16.6. The standard InChI is InChI=1S/C28H27N3O3/c1-21(33-27-9-5-6-18-32-27)28-29-16-17-31(28)20-25-19-26(34-30-25)24-14-12-23(13-15-24)11-10-22-7-3-2-4-8-22/h2-4,7-8,12-17,19,21,27H,5-6,9,18,20H2,1H3. The summed E-state index contributed by atoms with van der Waals surface area (Å²) < 4.78 is 19.5. The minimum atomic E-state index is -0.172. The maximum atomic E-state index is 6.09. The molecule has 5 rings (SSSR count). The van der Waals surface area contributed by atoms with Gasteiger partial charge < -0.3 is 18.6 Å². The lowest BCUT2D eigenvalue weighted by molar-refractivity contribution is -0.188. The molecular weight excluding hydrogens is 426 g/mol. The molecule has 3 heterocycles. The maximum absolute atomic E-state index is 6.09. The summed E-state index contributed by atoms with van der Waals surface area (Å²) in [5, 5.41) is 4.26. The lowest BCUT2D eigenvalue weighted by Gasteiger charge is -2.26. The van der Waals surface area contributed by atoms with E-state index in [4.69, 9.17) is 14.0 Å². The molecule has 0 bridgehead atoms. The molecule has 1 saturated heterocycles. The average Bonchev–Trinajstić information content (AvgIpc) is 3.55. The molecule has 2 atom stereocenters. The van der Waals surface area contributed by atoms with Gasteiger partial charge in [0.2, 0.25) is 0 Å². The quantitative estimate of drug-likeness (QED) is 0.356. The topological polar surface area (TPSA) is 62.3 Å². The third-order valence-electron chi connectivity index (χ3n) is 5.79. The summed E-state index contributed by atoms with van der Waals surface area (Å²) in [6.07, 6.45) is 6.55. The van der Waals surface area contributed by atoms with Gasteiger partial charge in [-0.3, -0.25) is 0 Å². The van der Waals surface area contributed by atoms with Gasteiger partial charge in [-0.05, 0) is 62.6 Å². The fraction of sp³-hybridized carbons (Fsp3) is 0.286. The second-order valence-electron chi connectivity index (χ2n) is 8.36. The molecule has 6 nitrogen and oxygen atoms in total. The Balaban J connectivity index is 1.24. The lowest BCUT2D eigenvalue weighted by Crippen LogP contribution is -2.24. The van der Waals surface area contributed by atoms with Gasteiger partial charge in [0.25, 0.3) is 0 Å². The molecular formula is C28H27N3O3. The molecule has 4 aromatic rings. The van der Waals surface area contributed by atoms with E-state index in [-0.39, 0.29) is 12.4 Å². The first-order valence-corrected chi connectivity index (χ1v) is 11.7. The Morgan fingerprint density at radius 3 is 2.62 bits per heavy atom. The van der Waals surface area contributed by atoms with Gasteiger partial charge in [-0.25, -0.2) is 4.98 Å². The first-order chi connectivity index (χ1) is 16.7. The van der Waals surface area contributed by atoms with Crippen LogP contribution in [0.25, 0.3) is 11.3 Å². The van der Waals surface area contributed by atoms with Gasteiger partial charge in [0, 0.05) is 41.8 Å². The minimum Gasteiger partial charge on any atom is -0.356 e. The first-order valence-electron chi connectivity index (χ1n) is 11.7. The summed E-state index contributed by atoms with van der Waals surface area (Å²) in [5.41, 5.74) is 3.73. The summed E-state index contributed by atoms with van der Waals surface area (Å²) in [7, 11) is 0. The number of hydrogen-bond acceptors (Lipinski definition) is 5. The number of hydrogen-bond donors (Lipinski definition) is 0. The molecule has 0 radical (unpaired) electrons. The fourth-order valence-electron chi connectivity index (χ4n) is 4.00. The Morgan fingerprint density at radius 1 is 1.06 bits per heavy atom. The maximum Gasteiger partial charge on any atom is 0.167 e. The van der Waals surface area contributed by atoms with Crippen molar-refractivity contribution < 1.29 is 14.0 Å². The van der Waals surface area contributed by atoms with E-state index < -0.39 is 0 Å². The van der Waals surface area contributed by atoms with Crippen molar-refractivity contribution in [1.82, 2.24) is 14.7 Å². The molecule has 1 fully saturated rings. The van der Waals surface area contributed by atoms with Crippen LogP contribution in [-0.4, -0.2) is 27.6 Å². The van der Waals surface area contributed by atoms with Gasteiger partial charge in [0.05, 0.1) is 6.54 Å². The predicted molar refractivity (Wildman–Crippen MR) is 129 cm³/mol. The second-order valence-corrected chi connectivity index (χ2v) is 8.36. The van der Waals surface area contributed by atoms with Crippen LogP contribution in [0.15, 0.2) is 77.6 Å². The molecule has 6 heteroatoms. The van der Waals surface area contributed by atoms with Crippen LogP contribution in [0.5, 0.6) is 0 Å². The van der Waals surface area contributed by atoms with E-state index >= 15 is 0 Å². The highest BCUT2D eigenvalue weighted by Gasteiger charge is 2.21. The van der Waals surface area contributed by atoms with Gasteiger partial charge in [-0.2, -0.15) is 0 Å². The second kappa shape index (κ2) is 10.5. The largest absolute Gasteiger partial charge is 0.356 e. The summed E-state index contributed by atoms with van der Waals surface area (Å²) in [4.78, 5) is 4.50. The van der Waals surface area contributed by atoms with Crippen molar-refractivity contribution in [2.75, 3.05) is 6.61 Å². The van der Waals surface area contributed by atoms with Crippen molar-refractivity contribution in [2.45, 2.75) is 45.1 Å². The van der Waals surface area contributed by atoms with Crippen LogP contribution in [0.3, 0.4) is 0 Å². The van der Waals surface area contributed by atoms with Crippen molar-refractivity contribution in [3.8, 4) is 23.2 Å². The Kier molecular flexibility index (Phi) is 6.85. The van der Waals surface area contributed by atoms with Crippen LogP contribution in [-0.2, 0) is 16.0 Å². The molecule has 2 aromatic carbocycles. The molecule has 1 aliphatic rings. The SMILES string of the molecule is CC(OC1CCCCO1)c1nccn1Cc1cc(-c2ccc(C#Cc3ccccc3)cc2)on1. The van der Waals surface area contributed by atoms with E-state index in [9.17, 15) is 0 Å². The zero-order chi connectivity index (χ0) is 23.2. The molecule has 0 saturated carbocycles. The van der Waals surface area contributed by atoms with Gasteiger partial charge in [-0.15, -0.1) is 0 Å². The Bertz CT molecular complexity index is 1260. The molecule has 172 valence electrons. The molecule has 2 unspecified atom stereocenters. The first kappa shape index (κ1) is 22.1. The highest BCUT2D eigenvalue weighted by atomic mass is 16.7. The van der Waals surface area contributed by atoms with E-state index in [0.717, 1.165) is 59.8 Å². The van der Waals surface area contributed by atoms with Crippen LogP contribution in [0, 0.1) is 11.8 Å². The molecule has 2 aromatic heterocycles. The van der Waals surface area contributed by atoms with Crippen LogP contribution in [0.1, 0.15) is 54.9 Å². The van der Waals surface area contributed by atoms with E-state index in [1.807, 2.05) is 78.4 Å². The van der Waals surface area contributed by atoms with E-state index in [0.29, 0.717) is 6.54 Å². The summed E-state index contributed by atoms with van der Waals surface area (Å²) >= 11 is 0. The zero-order valence-corrected chi connectivity index (χ0v) is 19.2. The predicted octanol–water partition coefficient (Wildman–Crippen LogP) is 5.59. The number of benzene rings is 2. The Labute approximate surface area is 199 Å². The van der Waals surface area contributed by atoms with Crippen molar-refractivity contribution >= 4 is 0 Å².